The predicted octanol–water partition coefficient (Wildman–Crippen LogP) is 2.96. The lowest BCUT2D eigenvalue weighted by molar-refractivity contribution is -0.384. The number of amides is 1. The van der Waals surface area contributed by atoms with E-state index in [0.717, 1.165) is 13.0 Å². The van der Waals surface area contributed by atoms with Crippen LogP contribution in [0.3, 0.4) is 0 Å². The molecule has 0 radical (unpaired) electrons. The number of hydrogen-bond acceptors (Lipinski definition) is 4. The second kappa shape index (κ2) is 6.49. The lowest BCUT2D eigenvalue weighted by atomic mass is 10.2. The van der Waals surface area contributed by atoms with E-state index in [0.29, 0.717) is 25.2 Å². The number of nitro groups is 1. The topological polar surface area (TPSA) is 66.7 Å². The number of non-ortho nitro benzene ring substituents is 1. The van der Waals surface area contributed by atoms with Gasteiger partial charge in [-0.2, -0.15) is 0 Å². The van der Waals surface area contributed by atoms with Crippen molar-refractivity contribution in [1.82, 2.24) is 4.90 Å². The Balaban J connectivity index is 2.10. The second-order valence-corrected chi connectivity index (χ2v) is 5.74. The first kappa shape index (κ1) is 15.9. The van der Waals surface area contributed by atoms with Gasteiger partial charge < -0.3 is 9.80 Å². The van der Waals surface area contributed by atoms with Crippen LogP contribution in [0.4, 0.5) is 11.4 Å². The fraction of sp³-hybridized carbons (Fsp3) is 0.462. The first-order chi connectivity index (χ1) is 9.90. The molecule has 0 bridgehead atoms. The molecule has 1 heterocycles. The van der Waals surface area contributed by atoms with Crippen LogP contribution in [-0.4, -0.2) is 42.4 Å². The van der Waals surface area contributed by atoms with E-state index < -0.39 is 4.92 Å². The summed E-state index contributed by atoms with van der Waals surface area (Å²) in [4.78, 5) is 25.4. The summed E-state index contributed by atoms with van der Waals surface area (Å²) in [5.74, 6) is 0.157. The molecule has 1 amide bonds. The van der Waals surface area contributed by atoms with Crippen molar-refractivity contribution in [3.63, 3.8) is 0 Å². The number of likely N-dealkylation sites (N-methyl/N-ethyl adjacent to an activating group) is 1. The van der Waals surface area contributed by atoms with Crippen molar-refractivity contribution in [2.75, 3.05) is 31.6 Å². The molecule has 114 valence electrons. The second-order valence-electron chi connectivity index (χ2n) is 4.92. The molecule has 21 heavy (non-hydrogen) atoms. The van der Waals surface area contributed by atoms with Gasteiger partial charge in [0.05, 0.1) is 20.7 Å². The zero-order valence-electron chi connectivity index (χ0n) is 11.5. The average molecular weight is 332 g/mol. The number of hydrogen-bond donors (Lipinski definition) is 0. The van der Waals surface area contributed by atoms with Gasteiger partial charge in [-0.15, -0.1) is 0 Å². The molecule has 0 unspecified atom stereocenters. The summed E-state index contributed by atoms with van der Waals surface area (Å²) in [6.45, 7) is 1.91. The Hall–Kier alpha value is -1.53. The molecule has 0 aromatic heterocycles. The van der Waals surface area contributed by atoms with Crippen LogP contribution in [0.1, 0.15) is 12.8 Å². The maximum Gasteiger partial charge on any atom is 0.272 e. The predicted molar refractivity (Wildman–Crippen MR) is 82.2 cm³/mol. The van der Waals surface area contributed by atoms with Gasteiger partial charge in [0.2, 0.25) is 5.91 Å². The van der Waals surface area contributed by atoms with Crippen molar-refractivity contribution in [3.8, 4) is 0 Å². The smallest absolute Gasteiger partial charge is 0.272 e. The number of likely N-dealkylation sites (tertiary alicyclic amines) is 1. The third-order valence-electron chi connectivity index (χ3n) is 3.47. The summed E-state index contributed by atoms with van der Waals surface area (Å²) in [5.41, 5.74) is 0.396. The number of rotatable bonds is 5. The van der Waals surface area contributed by atoms with Crippen LogP contribution < -0.4 is 4.90 Å². The van der Waals surface area contributed by atoms with Gasteiger partial charge in [-0.3, -0.25) is 14.9 Å². The highest BCUT2D eigenvalue weighted by molar-refractivity contribution is 6.39. The highest BCUT2D eigenvalue weighted by Crippen LogP contribution is 2.36. The van der Waals surface area contributed by atoms with Crippen LogP contribution in [-0.2, 0) is 4.79 Å². The van der Waals surface area contributed by atoms with Gasteiger partial charge in [0, 0.05) is 45.2 Å². The van der Waals surface area contributed by atoms with E-state index in [1.54, 1.807) is 16.8 Å². The molecular weight excluding hydrogens is 317 g/mol. The molecule has 0 N–H and O–H groups in total. The number of nitro benzene ring substituents is 1. The van der Waals surface area contributed by atoms with Crippen molar-refractivity contribution < 1.29 is 9.72 Å². The summed E-state index contributed by atoms with van der Waals surface area (Å²) in [6, 6.07) is 2.56. The van der Waals surface area contributed by atoms with Crippen LogP contribution in [0.25, 0.3) is 0 Å². The molecular formula is C13H15Cl2N3O3. The standard InChI is InChI=1S/C13H15Cl2N3O3/c1-16(5-6-17-4-2-3-12(17)19)13-10(14)7-9(18(20)21)8-11(13)15/h7-8H,2-6H2,1H3. The molecule has 8 heteroatoms. The SMILES string of the molecule is CN(CCN1CCCC1=O)c1c(Cl)cc([N+](=O)[O-])cc1Cl. The lowest BCUT2D eigenvalue weighted by Crippen LogP contribution is -2.34. The quantitative estimate of drug-likeness (QED) is 0.614. The third kappa shape index (κ3) is 3.57. The van der Waals surface area contributed by atoms with Crippen LogP contribution in [0.5, 0.6) is 0 Å². The van der Waals surface area contributed by atoms with Gasteiger partial charge in [-0.05, 0) is 6.42 Å². The highest BCUT2D eigenvalue weighted by atomic mass is 35.5. The van der Waals surface area contributed by atoms with Gasteiger partial charge in [-0.25, -0.2) is 0 Å². The molecule has 2 rings (SSSR count). The monoisotopic (exact) mass is 331 g/mol. The first-order valence-corrected chi connectivity index (χ1v) is 7.28. The summed E-state index contributed by atoms with van der Waals surface area (Å²) in [6.07, 6.45) is 1.49. The van der Waals surface area contributed by atoms with Gasteiger partial charge in [0.15, 0.2) is 0 Å². The molecule has 1 saturated heterocycles. The van der Waals surface area contributed by atoms with E-state index in [1.807, 2.05) is 0 Å². The minimum absolute atomic E-state index is 0.142. The van der Waals surface area contributed by atoms with Gasteiger partial charge in [0.1, 0.15) is 0 Å². The van der Waals surface area contributed by atoms with Crippen LogP contribution in [0.2, 0.25) is 10.0 Å². The minimum Gasteiger partial charge on any atom is -0.370 e. The molecule has 1 fully saturated rings. The van der Waals surface area contributed by atoms with Crippen LogP contribution >= 0.6 is 23.2 Å². The summed E-state index contributed by atoms with van der Waals surface area (Å²) in [7, 11) is 1.79. The van der Waals surface area contributed by atoms with Crippen molar-refractivity contribution in [2.24, 2.45) is 0 Å². The van der Waals surface area contributed by atoms with Crippen molar-refractivity contribution >= 4 is 40.5 Å². The molecule has 0 aliphatic carbocycles. The largest absolute Gasteiger partial charge is 0.370 e. The van der Waals surface area contributed by atoms with E-state index in [9.17, 15) is 14.9 Å². The molecule has 1 aromatic rings. The van der Waals surface area contributed by atoms with Crippen LogP contribution in [0.15, 0.2) is 12.1 Å². The fourth-order valence-corrected chi connectivity index (χ4v) is 3.11. The first-order valence-electron chi connectivity index (χ1n) is 6.52. The molecule has 6 nitrogen and oxygen atoms in total. The Morgan fingerprint density at radius 3 is 2.48 bits per heavy atom. The number of nitrogens with zero attached hydrogens (tertiary/aromatic N) is 3. The number of halogens is 2. The summed E-state index contributed by atoms with van der Waals surface area (Å²) in [5, 5.41) is 11.2. The van der Waals surface area contributed by atoms with E-state index in [4.69, 9.17) is 23.2 Å². The van der Waals surface area contributed by atoms with Crippen molar-refractivity contribution in [2.45, 2.75) is 12.8 Å². The van der Waals surface area contributed by atoms with E-state index in [2.05, 4.69) is 0 Å². The summed E-state index contributed by atoms with van der Waals surface area (Å²) >= 11 is 12.2. The van der Waals surface area contributed by atoms with Crippen LogP contribution in [0, 0.1) is 10.1 Å². The maximum atomic E-state index is 11.6. The Kier molecular flexibility index (Phi) is 4.90. The fourth-order valence-electron chi connectivity index (χ4n) is 2.35. The molecule has 1 aliphatic heterocycles. The number of anilines is 1. The highest BCUT2D eigenvalue weighted by Gasteiger charge is 2.22. The van der Waals surface area contributed by atoms with Gasteiger partial charge in [-0.1, -0.05) is 23.2 Å². The average Bonchev–Trinajstić information content (AvgIpc) is 2.81. The molecule has 1 aliphatic rings. The zero-order valence-corrected chi connectivity index (χ0v) is 13.0. The van der Waals surface area contributed by atoms with E-state index in [1.165, 1.54) is 12.1 Å². The Bertz CT molecular complexity index is 557. The maximum absolute atomic E-state index is 11.6. The Morgan fingerprint density at radius 2 is 2.00 bits per heavy atom. The van der Waals surface area contributed by atoms with E-state index in [-0.39, 0.29) is 21.6 Å². The lowest BCUT2D eigenvalue weighted by Gasteiger charge is -2.25. The zero-order chi connectivity index (χ0) is 15.6. The molecule has 0 atom stereocenters. The Morgan fingerprint density at radius 1 is 1.38 bits per heavy atom. The van der Waals surface area contributed by atoms with Crippen molar-refractivity contribution in [3.05, 3.63) is 32.3 Å². The normalized spacial score (nSPS) is 14.6. The summed E-state index contributed by atoms with van der Waals surface area (Å²) < 4.78 is 0. The van der Waals surface area contributed by atoms with Gasteiger partial charge >= 0.3 is 0 Å². The third-order valence-corrected chi connectivity index (χ3v) is 4.05. The van der Waals surface area contributed by atoms with Gasteiger partial charge in [0.25, 0.3) is 5.69 Å². The number of carbonyl (C=O) groups is 1. The minimum atomic E-state index is -0.537. The Labute approximate surface area is 132 Å². The van der Waals surface area contributed by atoms with Crippen molar-refractivity contribution in [1.29, 1.82) is 0 Å². The number of benzene rings is 1. The number of carbonyl (C=O) groups excluding carboxylic acids is 1. The molecule has 1 aromatic carbocycles. The van der Waals surface area contributed by atoms with E-state index >= 15 is 0 Å². The molecule has 0 saturated carbocycles. The molecule has 0 spiro atoms.